The van der Waals surface area contributed by atoms with E-state index in [0.717, 1.165) is 31.5 Å². The van der Waals surface area contributed by atoms with Crippen LogP contribution >= 0.6 is 0 Å². The molecule has 1 amide bonds. The SMILES string of the molecule is O=C(COc1ccc2c(=O)c(-c3cnn(-c4ccccc4)c3)c(C(F)(F)F)oc2c1)Nc1ccc(S(=O)(=O)N2CCCCC2)cc1. The van der Waals surface area contributed by atoms with E-state index in [1.54, 1.807) is 30.3 Å². The smallest absolute Gasteiger partial charge is 0.450 e. The number of carbonyl (C=O) groups excluding carboxylic acids is 1. The fourth-order valence-corrected chi connectivity index (χ4v) is 6.73. The second-order valence-electron chi connectivity index (χ2n) is 10.6. The lowest BCUT2D eigenvalue weighted by molar-refractivity contribution is -0.152. The Kier molecular flexibility index (Phi) is 8.40. The van der Waals surface area contributed by atoms with Crippen molar-refractivity contribution < 1.29 is 35.5 Å². The number of hydrogen-bond acceptors (Lipinski definition) is 7. The highest BCUT2D eigenvalue weighted by Gasteiger charge is 2.40. The van der Waals surface area contributed by atoms with Gasteiger partial charge in [0.15, 0.2) is 6.61 Å². The number of ether oxygens (including phenoxy) is 1. The number of carbonyl (C=O) groups is 1. The third-order valence-corrected chi connectivity index (χ3v) is 9.39. The van der Waals surface area contributed by atoms with E-state index in [1.165, 1.54) is 51.6 Å². The Morgan fingerprint density at radius 1 is 0.978 bits per heavy atom. The van der Waals surface area contributed by atoms with Crippen molar-refractivity contribution in [2.45, 2.75) is 30.3 Å². The van der Waals surface area contributed by atoms with Gasteiger partial charge < -0.3 is 14.5 Å². The van der Waals surface area contributed by atoms with Gasteiger partial charge in [0.2, 0.25) is 21.2 Å². The molecule has 3 heterocycles. The molecule has 46 heavy (non-hydrogen) atoms. The lowest BCUT2D eigenvalue weighted by atomic mass is 10.0. The van der Waals surface area contributed by atoms with E-state index in [-0.39, 0.29) is 27.2 Å². The van der Waals surface area contributed by atoms with Crippen molar-refractivity contribution in [1.82, 2.24) is 14.1 Å². The third kappa shape index (κ3) is 6.39. The molecule has 3 aromatic carbocycles. The molecular formula is C32H27F3N4O6S. The Balaban J connectivity index is 1.18. The summed E-state index contributed by atoms with van der Waals surface area (Å²) < 4.78 is 81.6. The highest BCUT2D eigenvalue weighted by molar-refractivity contribution is 7.89. The van der Waals surface area contributed by atoms with Crippen molar-refractivity contribution in [2.24, 2.45) is 0 Å². The highest BCUT2D eigenvalue weighted by atomic mass is 32.2. The topological polar surface area (TPSA) is 124 Å². The molecule has 238 valence electrons. The van der Waals surface area contributed by atoms with E-state index >= 15 is 0 Å². The fourth-order valence-electron chi connectivity index (χ4n) is 5.21. The Labute approximate surface area is 261 Å². The minimum atomic E-state index is -5.00. The van der Waals surface area contributed by atoms with Crippen molar-refractivity contribution in [3.05, 3.63) is 101 Å². The molecule has 1 fully saturated rings. The summed E-state index contributed by atoms with van der Waals surface area (Å²) in [7, 11) is -3.63. The number of benzene rings is 3. The second-order valence-corrected chi connectivity index (χ2v) is 12.6. The number of amides is 1. The number of sulfonamides is 1. The van der Waals surface area contributed by atoms with Crippen LogP contribution in [0.4, 0.5) is 18.9 Å². The highest BCUT2D eigenvalue weighted by Crippen LogP contribution is 2.38. The summed E-state index contributed by atoms with van der Waals surface area (Å²) in [6.07, 6.45) is 0.0885. The molecule has 1 aliphatic heterocycles. The predicted octanol–water partition coefficient (Wildman–Crippen LogP) is 5.86. The van der Waals surface area contributed by atoms with E-state index in [1.807, 2.05) is 0 Å². The van der Waals surface area contributed by atoms with Crippen LogP contribution in [-0.2, 0) is 21.0 Å². The van der Waals surface area contributed by atoms with Crippen molar-refractivity contribution in [3.63, 3.8) is 0 Å². The predicted molar refractivity (Wildman–Crippen MR) is 163 cm³/mol. The van der Waals surface area contributed by atoms with Gasteiger partial charge in [0.1, 0.15) is 11.3 Å². The van der Waals surface area contributed by atoms with Gasteiger partial charge in [0.25, 0.3) is 5.91 Å². The minimum Gasteiger partial charge on any atom is -0.484 e. The zero-order valence-corrected chi connectivity index (χ0v) is 25.0. The molecule has 0 spiro atoms. The Bertz CT molecular complexity index is 2050. The van der Waals surface area contributed by atoms with Crippen LogP contribution in [0, 0.1) is 0 Å². The van der Waals surface area contributed by atoms with E-state index in [0.29, 0.717) is 24.5 Å². The molecule has 0 unspecified atom stereocenters. The molecule has 14 heteroatoms. The van der Waals surface area contributed by atoms with Gasteiger partial charge in [0.05, 0.1) is 27.7 Å². The second kappa shape index (κ2) is 12.4. The maximum Gasteiger partial charge on any atom is 0.450 e. The van der Waals surface area contributed by atoms with E-state index < -0.39 is 45.5 Å². The Morgan fingerprint density at radius 3 is 2.39 bits per heavy atom. The van der Waals surface area contributed by atoms with Gasteiger partial charge in [0, 0.05) is 36.6 Å². The molecule has 1 N–H and O–H groups in total. The summed E-state index contributed by atoms with van der Waals surface area (Å²) in [6, 6.07) is 18.1. The summed E-state index contributed by atoms with van der Waals surface area (Å²) in [5.74, 6) is -2.10. The summed E-state index contributed by atoms with van der Waals surface area (Å²) >= 11 is 0. The molecule has 5 aromatic rings. The average Bonchev–Trinajstić information content (AvgIpc) is 3.54. The number of nitrogens with zero attached hydrogens (tertiary/aromatic N) is 3. The molecule has 0 atom stereocenters. The van der Waals surface area contributed by atoms with Crippen LogP contribution in [0.3, 0.4) is 0 Å². The number of para-hydroxylation sites is 1. The van der Waals surface area contributed by atoms with Crippen LogP contribution in [0.25, 0.3) is 27.8 Å². The number of aromatic nitrogens is 2. The number of fused-ring (bicyclic) bond motifs is 1. The molecule has 6 rings (SSSR count). The van der Waals surface area contributed by atoms with Crippen molar-refractivity contribution in [2.75, 3.05) is 25.0 Å². The zero-order chi connectivity index (χ0) is 32.5. The number of nitrogens with one attached hydrogen (secondary N) is 1. The van der Waals surface area contributed by atoms with E-state index in [2.05, 4.69) is 10.4 Å². The van der Waals surface area contributed by atoms with Crippen LogP contribution in [-0.4, -0.2) is 48.1 Å². The first-order chi connectivity index (χ1) is 22.0. The first-order valence-corrected chi connectivity index (χ1v) is 15.8. The maximum atomic E-state index is 14.1. The summed E-state index contributed by atoms with van der Waals surface area (Å²) in [5, 5.41) is 6.57. The summed E-state index contributed by atoms with van der Waals surface area (Å²) in [5.41, 5.74) is -1.10. The number of alkyl halides is 3. The number of rotatable bonds is 8. The van der Waals surface area contributed by atoms with Gasteiger partial charge in [-0.1, -0.05) is 24.6 Å². The van der Waals surface area contributed by atoms with Gasteiger partial charge in [-0.05, 0) is 61.4 Å². The number of piperidine rings is 1. The number of anilines is 1. The molecule has 0 aliphatic carbocycles. The molecule has 1 aliphatic rings. The van der Waals surface area contributed by atoms with Crippen LogP contribution in [0.15, 0.2) is 99.3 Å². The van der Waals surface area contributed by atoms with E-state index in [4.69, 9.17) is 9.15 Å². The standard InChI is InChI=1S/C32H27F3N4O6S/c33-32(34,35)31-29(21-18-36-39(19-21)23-7-3-1-4-8-23)30(41)26-14-11-24(17-27(26)45-31)44-20-28(40)37-22-9-12-25(13-10-22)46(42,43)38-15-5-2-6-16-38/h1,3-4,7-14,17-19H,2,5-6,15-16,20H2,(H,37,40). The van der Waals surface area contributed by atoms with Crippen LogP contribution in [0.5, 0.6) is 5.75 Å². The fraction of sp³-hybridized carbons (Fsp3) is 0.219. The number of hydrogen-bond donors (Lipinski definition) is 1. The normalized spacial score (nSPS) is 14.3. The van der Waals surface area contributed by atoms with Crippen molar-refractivity contribution >= 4 is 32.6 Å². The molecule has 2 aromatic heterocycles. The first kappa shape index (κ1) is 31.0. The molecule has 0 radical (unpaired) electrons. The summed E-state index contributed by atoms with van der Waals surface area (Å²) in [6.45, 7) is 0.414. The van der Waals surface area contributed by atoms with Gasteiger partial charge in [-0.25, -0.2) is 13.1 Å². The van der Waals surface area contributed by atoms with Gasteiger partial charge >= 0.3 is 6.18 Å². The van der Waals surface area contributed by atoms with Gasteiger partial charge in [-0.15, -0.1) is 0 Å². The largest absolute Gasteiger partial charge is 0.484 e. The van der Waals surface area contributed by atoms with Crippen LogP contribution in [0.2, 0.25) is 0 Å². The van der Waals surface area contributed by atoms with Crippen molar-refractivity contribution in [1.29, 1.82) is 0 Å². The number of halogens is 3. The molecule has 0 bridgehead atoms. The van der Waals surface area contributed by atoms with Gasteiger partial charge in [-0.3, -0.25) is 9.59 Å². The Morgan fingerprint density at radius 2 is 1.70 bits per heavy atom. The van der Waals surface area contributed by atoms with Crippen molar-refractivity contribution in [3.8, 4) is 22.6 Å². The average molecular weight is 653 g/mol. The molecule has 1 saturated heterocycles. The quantitative estimate of drug-likeness (QED) is 0.223. The lowest BCUT2D eigenvalue weighted by Gasteiger charge is -2.25. The minimum absolute atomic E-state index is 0.00783. The van der Waals surface area contributed by atoms with Crippen LogP contribution < -0.4 is 15.5 Å². The van der Waals surface area contributed by atoms with E-state index in [9.17, 15) is 31.2 Å². The Hall–Kier alpha value is -4.95. The molecular weight excluding hydrogens is 625 g/mol. The lowest BCUT2D eigenvalue weighted by Crippen LogP contribution is -2.35. The molecule has 10 nitrogen and oxygen atoms in total. The van der Waals surface area contributed by atoms with Gasteiger partial charge in [-0.2, -0.15) is 22.6 Å². The zero-order valence-electron chi connectivity index (χ0n) is 24.2. The maximum absolute atomic E-state index is 14.1. The third-order valence-electron chi connectivity index (χ3n) is 7.47. The first-order valence-electron chi connectivity index (χ1n) is 14.3. The molecule has 0 saturated carbocycles. The summed E-state index contributed by atoms with van der Waals surface area (Å²) in [4.78, 5) is 26.0. The van der Waals surface area contributed by atoms with Crippen LogP contribution in [0.1, 0.15) is 25.0 Å². The monoisotopic (exact) mass is 652 g/mol.